The van der Waals surface area contributed by atoms with Crippen molar-refractivity contribution in [2.75, 3.05) is 0 Å². The lowest BCUT2D eigenvalue weighted by molar-refractivity contribution is 0.0204. The molecule has 5 heteroatoms. The average Bonchev–Trinajstić information content (AvgIpc) is 3.00. The number of ether oxygens (including phenoxy) is 1. The van der Waals surface area contributed by atoms with Crippen molar-refractivity contribution in [3.8, 4) is 0 Å². The van der Waals surface area contributed by atoms with Gasteiger partial charge in [-0.3, -0.25) is 4.79 Å². The van der Waals surface area contributed by atoms with Crippen LogP contribution < -0.4 is 0 Å². The molecule has 1 atom stereocenters. The summed E-state index contributed by atoms with van der Waals surface area (Å²) in [5, 5.41) is 0.680. The molecule has 0 bridgehead atoms. The molecule has 0 amide bonds. The number of nitrogens with one attached hydrogen (secondary N) is 1. The molecule has 1 unspecified atom stereocenters. The molecule has 0 aliphatic heterocycles. The monoisotopic (exact) mass is 385 g/mol. The first-order valence-corrected chi connectivity index (χ1v) is 10.1. The van der Waals surface area contributed by atoms with Gasteiger partial charge in [0.1, 0.15) is 11.8 Å². The van der Waals surface area contributed by atoms with Crippen molar-refractivity contribution in [1.82, 2.24) is 4.98 Å². The molecule has 1 aromatic carbocycles. The van der Waals surface area contributed by atoms with E-state index in [1.165, 1.54) is 6.42 Å². The molecule has 142 valence electrons. The molecule has 4 nitrogen and oxygen atoms in total. The van der Waals surface area contributed by atoms with Crippen LogP contribution in [-0.2, 0) is 11.2 Å². The van der Waals surface area contributed by atoms with Gasteiger partial charge in [0, 0.05) is 22.7 Å². The minimum Gasteiger partial charge on any atom is -0.458 e. The number of rotatable bonds is 3. The molecule has 0 spiro atoms. The lowest BCUT2D eigenvalue weighted by atomic mass is 9.81. The van der Waals surface area contributed by atoms with Gasteiger partial charge >= 0.3 is 5.97 Å². The molecular formula is C22H24ClNO3. The van der Waals surface area contributed by atoms with Crippen molar-refractivity contribution in [1.29, 1.82) is 0 Å². The molecular weight excluding hydrogens is 362 g/mol. The minimum absolute atomic E-state index is 0.00227. The van der Waals surface area contributed by atoms with E-state index in [-0.39, 0.29) is 23.8 Å². The number of hydrogen-bond acceptors (Lipinski definition) is 3. The summed E-state index contributed by atoms with van der Waals surface area (Å²) in [5.41, 5.74) is 3.61. The zero-order valence-electron chi connectivity index (χ0n) is 15.5. The number of Topliss-reactive ketones (excluding diaryl/α,β-unsaturated/α-hetero) is 1. The van der Waals surface area contributed by atoms with E-state index in [2.05, 4.69) is 4.98 Å². The van der Waals surface area contributed by atoms with E-state index >= 15 is 0 Å². The quantitative estimate of drug-likeness (QED) is 0.721. The third-order valence-electron chi connectivity index (χ3n) is 5.86. The highest BCUT2D eigenvalue weighted by Gasteiger charge is 2.33. The Bertz CT molecular complexity index is 880. The summed E-state index contributed by atoms with van der Waals surface area (Å²) in [4.78, 5) is 28.7. The van der Waals surface area contributed by atoms with Crippen molar-refractivity contribution in [2.24, 2.45) is 0 Å². The summed E-state index contributed by atoms with van der Waals surface area (Å²) < 4.78 is 5.70. The number of halogens is 1. The first-order chi connectivity index (χ1) is 13.0. The molecule has 2 aliphatic rings. The second-order valence-electron chi connectivity index (χ2n) is 7.69. The van der Waals surface area contributed by atoms with Gasteiger partial charge in [0.2, 0.25) is 0 Å². The molecule has 1 heterocycles. The zero-order valence-corrected chi connectivity index (χ0v) is 16.3. The molecule has 1 aromatic heterocycles. The molecule has 2 aromatic rings. The molecule has 1 fully saturated rings. The van der Waals surface area contributed by atoms with E-state index in [4.69, 9.17) is 16.3 Å². The third kappa shape index (κ3) is 3.55. The number of esters is 1. The summed E-state index contributed by atoms with van der Waals surface area (Å²) in [5.74, 6) is -0.249. The first kappa shape index (κ1) is 18.3. The smallest absolute Gasteiger partial charge is 0.355 e. The number of aromatic nitrogens is 1. The van der Waals surface area contributed by atoms with Crippen LogP contribution in [0.15, 0.2) is 24.3 Å². The fraction of sp³-hybridized carbons (Fsp3) is 0.455. The first-order valence-electron chi connectivity index (χ1n) is 9.74. The summed E-state index contributed by atoms with van der Waals surface area (Å²) >= 11 is 6.33. The number of ketones is 1. The van der Waals surface area contributed by atoms with Crippen LogP contribution in [0.3, 0.4) is 0 Å². The zero-order chi connectivity index (χ0) is 19.0. The largest absolute Gasteiger partial charge is 0.458 e. The van der Waals surface area contributed by atoms with E-state index < -0.39 is 0 Å². The van der Waals surface area contributed by atoms with Gasteiger partial charge in [0.25, 0.3) is 0 Å². The number of fused-ring (bicyclic) bond motifs is 1. The minimum atomic E-state index is -0.337. The van der Waals surface area contributed by atoms with Gasteiger partial charge in [-0.1, -0.05) is 36.2 Å². The van der Waals surface area contributed by atoms with Gasteiger partial charge in [-0.15, -0.1) is 0 Å². The number of aromatic amines is 1. The maximum Gasteiger partial charge on any atom is 0.355 e. The standard InChI is InChI=1S/C22H24ClNO3/c1-13-20-18(24-21(13)22(26)27-15-7-3-2-4-8-15)11-14(12-19(20)25)16-9-5-6-10-17(16)23/h5-6,9-10,14-15,24H,2-4,7-8,11-12H2,1H3. The Morgan fingerprint density at radius 3 is 2.63 bits per heavy atom. The normalized spacial score (nSPS) is 20.4. The van der Waals surface area contributed by atoms with Gasteiger partial charge in [-0.2, -0.15) is 0 Å². The van der Waals surface area contributed by atoms with Crippen molar-refractivity contribution in [3.05, 3.63) is 57.4 Å². The Morgan fingerprint density at radius 1 is 1.15 bits per heavy atom. The fourth-order valence-corrected chi connectivity index (χ4v) is 4.75. The fourth-order valence-electron chi connectivity index (χ4n) is 4.46. The number of hydrogen-bond donors (Lipinski definition) is 1. The molecule has 27 heavy (non-hydrogen) atoms. The molecule has 0 saturated heterocycles. The van der Waals surface area contributed by atoms with Gasteiger partial charge < -0.3 is 9.72 Å². The highest BCUT2D eigenvalue weighted by atomic mass is 35.5. The molecule has 2 aliphatic carbocycles. The van der Waals surface area contributed by atoms with Crippen LogP contribution >= 0.6 is 11.6 Å². The Kier molecular flexibility index (Phi) is 5.09. The Hall–Kier alpha value is -2.07. The van der Waals surface area contributed by atoms with E-state index in [0.717, 1.165) is 36.9 Å². The number of benzene rings is 1. The van der Waals surface area contributed by atoms with Crippen LogP contribution in [0, 0.1) is 6.92 Å². The van der Waals surface area contributed by atoms with Crippen LogP contribution in [0.2, 0.25) is 5.02 Å². The van der Waals surface area contributed by atoms with Gasteiger partial charge in [-0.05, 0) is 62.1 Å². The van der Waals surface area contributed by atoms with Crippen LogP contribution in [0.1, 0.15) is 82.1 Å². The summed E-state index contributed by atoms with van der Waals surface area (Å²) in [6, 6.07) is 7.65. The average molecular weight is 386 g/mol. The maximum atomic E-state index is 12.8. The highest BCUT2D eigenvalue weighted by molar-refractivity contribution is 6.31. The van der Waals surface area contributed by atoms with Crippen molar-refractivity contribution in [2.45, 2.75) is 63.9 Å². The van der Waals surface area contributed by atoms with Crippen molar-refractivity contribution in [3.63, 3.8) is 0 Å². The topological polar surface area (TPSA) is 59.2 Å². The van der Waals surface area contributed by atoms with E-state index in [1.54, 1.807) is 0 Å². The molecule has 4 rings (SSSR count). The Morgan fingerprint density at radius 2 is 1.89 bits per heavy atom. The Labute approximate surface area is 164 Å². The number of H-pyrrole nitrogens is 1. The lowest BCUT2D eigenvalue weighted by Crippen LogP contribution is -2.21. The lowest BCUT2D eigenvalue weighted by Gasteiger charge is -2.22. The van der Waals surface area contributed by atoms with Crippen LogP contribution in [0.4, 0.5) is 0 Å². The van der Waals surface area contributed by atoms with E-state index in [9.17, 15) is 9.59 Å². The summed E-state index contributed by atoms with van der Waals surface area (Å²) in [6.07, 6.45) is 6.36. The van der Waals surface area contributed by atoms with Crippen LogP contribution in [0.25, 0.3) is 0 Å². The highest BCUT2D eigenvalue weighted by Crippen LogP contribution is 2.37. The molecule has 1 N–H and O–H groups in total. The van der Waals surface area contributed by atoms with Crippen LogP contribution in [-0.4, -0.2) is 22.8 Å². The third-order valence-corrected chi connectivity index (χ3v) is 6.21. The second kappa shape index (κ2) is 7.51. The van der Waals surface area contributed by atoms with Gasteiger partial charge in [-0.25, -0.2) is 4.79 Å². The summed E-state index contributed by atoms with van der Waals surface area (Å²) in [6.45, 7) is 1.83. The number of carbonyl (C=O) groups is 2. The van der Waals surface area contributed by atoms with Gasteiger partial charge in [0.05, 0.1) is 0 Å². The molecule has 1 saturated carbocycles. The van der Waals surface area contributed by atoms with E-state index in [0.29, 0.717) is 34.7 Å². The maximum absolute atomic E-state index is 12.8. The SMILES string of the molecule is Cc1c(C(=O)OC2CCCCC2)[nH]c2c1C(=O)CC(c1ccccc1Cl)C2. The van der Waals surface area contributed by atoms with Crippen molar-refractivity contribution < 1.29 is 14.3 Å². The predicted molar refractivity (Wildman–Crippen MR) is 105 cm³/mol. The predicted octanol–water partition coefficient (Wildman–Crippen LogP) is 5.38. The number of carbonyl (C=O) groups excluding carboxylic acids is 2. The second-order valence-corrected chi connectivity index (χ2v) is 8.10. The van der Waals surface area contributed by atoms with Crippen LogP contribution in [0.5, 0.6) is 0 Å². The molecule has 0 radical (unpaired) electrons. The Balaban J connectivity index is 1.58. The van der Waals surface area contributed by atoms with Gasteiger partial charge in [0.15, 0.2) is 5.78 Å². The van der Waals surface area contributed by atoms with E-state index in [1.807, 2.05) is 31.2 Å². The summed E-state index contributed by atoms with van der Waals surface area (Å²) in [7, 11) is 0. The van der Waals surface area contributed by atoms with Crippen molar-refractivity contribution >= 4 is 23.4 Å².